The molecule has 2 amide bonds. The maximum atomic E-state index is 11.8. The Morgan fingerprint density at radius 1 is 1.53 bits per heavy atom. The van der Waals surface area contributed by atoms with Gasteiger partial charge < -0.3 is 15.3 Å². The van der Waals surface area contributed by atoms with Crippen LogP contribution in [0.3, 0.4) is 0 Å². The van der Waals surface area contributed by atoms with E-state index in [9.17, 15) is 14.7 Å². The van der Waals surface area contributed by atoms with E-state index in [4.69, 9.17) is 0 Å². The molecule has 0 aromatic carbocycles. The largest absolute Gasteiger partial charge is 0.388 e. The van der Waals surface area contributed by atoms with Gasteiger partial charge in [-0.15, -0.1) is 0 Å². The molecule has 0 aromatic heterocycles. The Kier molecular flexibility index (Phi) is 3.34. The fourth-order valence-electron chi connectivity index (χ4n) is 1.77. The lowest BCUT2D eigenvalue weighted by molar-refractivity contribution is -0.135. The average molecular weight is 214 g/mol. The lowest BCUT2D eigenvalue weighted by Gasteiger charge is -2.22. The summed E-state index contributed by atoms with van der Waals surface area (Å²) in [6.45, 7) is 5.63. The second kappa shape index (κ2) is 4.18. The van der Waals surface area contributed by atoms with E-state index in [1.165, 1.54) is 6.92 Å². The number of rotatable bonds is 2. The Hall–Kier alpha value is -1.10. The van der Waals surface area contributed by atoms with E-state index in [1.807, 2.05) is 0 Å². The molecule has 1 saturated heterocycles. The fraction of sp³-hybridized carbons (Fsp3) is 0.800. The predicted octanol–water partition coefficient (Wildman–Crippen LogP) is -0.506. The number of carbonyl (C=O) groups excluding carboxylic acids is 2. The van der Waals surface area contributed by atoms with Crippen LogP contribution in [0.15, 0.2) is 0 Å². The van der Waals surface area contributed by atoms with E-state index in [1.54, 1.807) is 18.7 Å². The van der Waals surface area contributed by atoms with Crippen LogP contribution >= 0.6 is 0 Å². The zero-order chi connectivity index (χ0) is 11.6. The highest BCUT2D eigenvalue weighted by Crippen LogP contribution is 2.20. The second-order valence-electron chi connectivity index (χ2n) is 4.43. The summed E-state index contributed by atoms with van der Waals surface area (Å²) in [6, 6.07) is -0.517. The van der Waals surface area contributed by atoms with Crippen LogP contribution in [0.5, 0.6) is 0 Å². The van der Waals surface area contributed by atoms with Gasteiger partial charge in [0, 0.05) is 20.0 Å². The normalized spacial score (nSPS) is 27.6. The summed E-state index contributed by atoms with van der Waals surface area (Å²) in [7, 11) is 0. The Morgan fingerprint density at radius 2 is 2.13 bits per heavy atom. The maximum absolute atomic E-state index is 11.8. The Morgan fingerprint density at radius 3 is 2.53 bits per heavy atom. The third-order valence-electron chi connectivity index (χ3n) is 2.55. The topological polar surface area (TPSA) is 69.6 Å². The Balaban J connectivity index is 2.51. The third kappa shape index (κ3) is 3.20. The molecule has 1 rings (SSSR count). The van der Waals surface area contributed by atoms with Crippen molar-refractivity contribution in [1.29, 1.82) is 0 Å². The van der Waals surface area contributed by atoms with E-state index in [-0.39, 0.29) is 11.8 Å². The van der Waals surface area contributed by atoms with Gasteiger partial charge in [-0.1, -0.05) is 0 Å². The van der Waals surface area contributed by atoms with Crippen molar-refractivity contribution in [3.63, 3.8) is 0 Å². The molecular formula is C10H18N2O3. The van der Waals surface area contributed by atoms with Crippen molar-refractivity contribution < 1.29 is 14.7 Å². The minimum atomic E-state index is -0.786. The van der Waals surface area contributed by atoms with Crippen LogP contribution in [0.1, 0.15) is 27.2 Å². The molecule has 1 heterocycles. The summed E-state index contributed by atoms with van der Waals surface area (Å²) in [5, 5.41) is 12.2. The SMILES string of the molecule is CC(=O)NC(C)C(=O)N1CCC(C)(O)C1. The third-order valence-corrected chi connectivity index (χ3v) is 2.55. The number of carbonyl (C=O) groups is 2. The van der Waals surface area contributed by atoms with Gasteiger partial charge in [-0.2, -0.15) is 0 Å². The summed E-state index contributed by atoms with van der Waals surface area (Å²) in [6.07, 6.45) is 0.589. The number of nitrogens with one attached hydrogen (secondary N) is 1. The number of nitrogens with zero attached hydrogens (tertiary/aromatic N) is 1. The highest BCUT2D eigenvalue weighted by atomic mass is 16.3. The molecule has 2 N–H and O–H groups in total. The number of hydrogen-bond acceptors (Lipinski definition) is 3. The van der Waals surface area contributed by atoms with E-state index in [2.05, 4.69) is 5.32 Å². The number of hydrogen-bond donors (Lipinski definition) is 2. The number of β-amino-alcohol motifs (C(OH)–C–C–N with tert-alkyl or cyclic N) is 1. The van der Waals surface area contributed by atoms with Crippen LogP contribution < -0.4 is 5.32 Å². The van der Waals surface area contributed by atoms with Crippen molar-refractivity contribution in [3.05, 3.63) is 0 Å². The van der Waals surface area contributed by atoms with Crippen molar-refractivity contribution in [2.24, 2.45) is 0 Å². The van der Waals surface area contributed by atoms with Gasteiger partial charge in [0.15, 0.2) is 0 Å². The molecule has 0 aliphatic carbocycles. The van der Waals surface area contributed by atoms with Crippen LogP contribution in [0, 0.1) is 0 Å². The highest BCUT2D eigenvalue weighted by molar-refractivity contribution is 5.86. The van der Waals surface area contributed by atoms with Crippen molar-refractivity contribution in [2.75, 3.05) is 13.1 Å². The van der Waals surface area contributed by atoms with E-state index in [0.717, 1.165) is 0 Å². The molecule has 0 radical (unpaired) electrons. The molecule has 2 unspecified atom stereocenters. The smallest absolute Gasteiger partial charge is 0.244 e. The van der Waals surface area contributed by atoms with Crippen molar-refractivity contribution in [3.8, 4) is 0 Å². The number of likely N-dealkylation sites (tertiary alicyclic amines) is 1. The molecule has 5 heteroatoms. The van der Waals surface area contributed by atoms with Crippen LogP contribution in [0.4, 0.5) is 0 Å². The number of aliphatic hydroxyl groups is 1. The quantitative estimate of drug-likeness (QED) is 0.650. The molecule has 2 atom stereocenters. The Bertz CT molecular complexity index is 276. The molecule has 86 valence electrons. The van der Waals surface area contributed by atoms with Crippen LogP contribution in [-0.2, 0) is 9.59 Å². The van der Waals surface area contributed by atoms with Gasteiger partial charge in [-0.3, -0.25) is 9.59 Å². The average Bonchev–Trinajstić information content (AvgIpc) is 2.43. The minimum Gasteiger partial charge on any atom is -0.388 e. The van der Waals surface area contributed by atoms with Gasteiger partial charge in [0.05, 0.1) is 5.60 Å². The van der Waals surface area contributed by atoms with Gasteiger partial charge in [0.25, 0.3) is 0 Å². The minimum absolute atomic E-state index is 0.136. The van der Waals surface area contributed by atoms with Crippen molar-refractivity contribution >= 4 is 11.8 Å². The zero-order valence-corrected chi connectivity index (χ0v) is 9.41. The summed E-state index contributed by atoms with van der Waals surface area (Å²) < 4.78 is 0. The highest BCUT2D eigenvalue weighted by Gasteiger charge is 2.35. The maximum Gasteiger partial charge on any atom is 0.244 e. The summed E-state index contributed by atoms with van der Waals surface area (Å²) in [5.41, 5.74) is -0.786. The molecule has 0 aromatic rings. The molecule has 1 aliphatic heterocycles. The van der Waals surface area contributed by atoms with Gasteiger partial charge in [-0.05, 0) is 20.3 Å². The standard InChI is InChI=1S/C10H18N2O3/c1-7(11-8(2)13)9(14)12-5-4-10(3,15)6-12/h7,15H,4-6H2,1-3H3,(H,11,13). The van der Waals surface area contributed by atoms with Gasteiger partial charge in [-0.25, -0.2) is 0 Å². The molecule has 0 bridgehead atoms. The first kappa shape index (κ1) is 12.0. The zero-order valence-electron chi connectivity index (χ0n) is 9.41. The molecule has 1 aliphatic rings. The molecule has 15 heavy (non-hydrogen) atoms. The monoisotopic (exact) mass is 214 g/mol. The van der Waals surface area contributed by atoms with Crippen LogP contribution in [0.25, 0.3) is 0 Å². The molecule has 0 saturated carbocycles. The van der Waals surface area contributed by atoms with Gasteiger partial charge >= 0.3 is 0 Å². The number of amides is 2. The first-order chi connectivity index (χ1) is 6.82. The first-order valence-corrected chi connectivity index (χ1v) is 5.10. The molecular weight excluding hydrogens is 196 g/mol. The second-order valence-corrected chi connectivity index (χ2v) is 4.43. The van der Waals surface area contributed by atoms with E-state index >= 15 is 0 Å². The lowest BCUT2D eigenvalue weighted by Crippen LogP contribution is -2.46. The van der Waals surface area contributed by atoms with Gasteiger partial charge in [0.1, 0.15) is 6.04 Å². The van der Waals surface area contributed by atoms with Crippen LogP contribution in [-0.4, -0.2) is 46.6 Å². The van der Waals surface area contributed by atoms with E-state index in [0.29, 0.717) is 19.5 Å². The summed E-state index contributed by atoms with van der Waals surface area (Å²) in [5.74, 6) is -0.357. The fourth-order valence-corrected chi connectivity index (χ4v) is 1.77. The lowest BCUT2D eigenvalue weighted by atomic mass is 10.1. The van der Waals surface area contributed by atoms with Crippen LogP contribution in [0.2, 0.25) is 0 Å². The Labute approximate surface area is 89.4 Å². The first-order valence-electron chi connectivity index (χ1n) is 5.10. The predicted molar refractivity (Wildman–Crippen MR) is 55.1 cm³/mol. The molecule has 0 spiro atoms. The molecule has 1 fully saturated rings. The van der Waals surface area contributed by atoms with Gasteiger partial charge in [0.2, 0.25) is 11.8 Å². The van der Waals surface area contributed by atoms with Crippen molar-refractivity contribution in [2.45, 2.75) is 38.8 Å². The molecule has 5 nitrogen and oxygen atoms in total. The van der Waals surface area contributed by atoms with Crippen molar-refractivity contribution in [1.82, 2.24) is 10.2 Å². The summed E-state index contributed by atoms with van der Waals surface area (Å²) >= 11 is 0. The van der Waals surface area contributed by atoms with E-state index < -0.39 is 11.6 Å². The summed E-state index contributed by atoms with van der Waals surface area (Å²) in [4.78, 5) is 24.1.